The predicted octanol–water partition coefficient (Wildman–Crippen LogP) is 3.57. The Morgan fingerprint density at radius 3 is 2.42 bits per heavy atom. The first-order chi connectivity index (χ1) is 17.2. The van der Waals surface area contributed by atoms with E-state index in [2.05, 4.69) is 20.8 Å². The van der Waals surface area contributed by atoms with Gasteiger partial charge < -0.3 is 20.0 Å². The average Bonchev–Trinajstić information content (AvgIpc) is 3.32. The van der Waals surface area contributed by atoms with E-state index in [0.29, 0.717) is 30.0 Å². The van der Waals surface area contributed by atoms with Crippen molar-refractivity contribution in [3.63, 3.8) is 0 Å². The molecule has 1 aromatic heterocycles. The summed E-state index contributed by atoms with van der Waals surface area (Å²) in [4.78, 5) is 42.0. The molecule has 1 atom stereocenters. The van der Waals surface area contributed by atoms with E-state index in [0.717, 1.165) is 31.6 Å². The molecule has 0 aliphatic heterocycles. The molecule has 1 heterocycles. The van der Waals surface area contributed by atoms with E-state index in [1.165, 1.54) is 11.8 Å². The molecule has 1 fully saturated rings. The Bertz CT molecular complexity index is 1020. The summed E-state index contributed by atoms with van der Waals surface area (Å²) >= 11 is 1.38. The molecule has 1 aliphatic carbocycles. The summed E-state index contributed by atoms with van der Waals surface area (Å²) in [5.74, 6) is -0.277. The Hall–Kier alpha value is -2.72. The van der Waals surface area contributed by atoms with E-state index >= 15 is 0 Å². The Balaban J connectivity index is 1.75. The van der Waals surface area contributed by atoms with Crippen LogP contribution in [0.2, 0.25) is 0 Å². The normalized spacial score (nSPS) is 16.1. The fourth-order valence-electron chi connectivity index (χ4n) is 4.27. The summed E-state index contributed by atoms with van der Waals surface area (Å²) in [6, 6.07) is 8.03. The van der Waals surface area contributed by atoms with Gasteiger partial charge in [-0.2, -0.15) is 0 Å². The van der Waals surface area contributed by atoms with Gasteiger partial charge >= 0.3 is 0 Å². The SMILES string of the molecule is CC(C)CC(NC(=O)C1(NC(=O)c2ccccc2)CCCCC1)C(=O)c1nnc(SCCN(C)C)o1. The molecular formula is C26H37N5O4S. The van der Waals surface area contributed by atoms with Crippen molar-refractivity contribution >= 4 is 29.4 Å². The highest BCUT2D eigenvalue weighted by Gasteiger charge is 2.43. The average molecular weight is 516 g/mol. The van der Waals surface area contributed by atoms with Gasteiger partial charge in [0.25, 0.3) is 17.0 Å². The minimum absolute atomic E-state index is 0.112. The number of hydrogen-bond acceptors (Lipinski definition) is 8. The van der Waals surface area contributed by atoms with Crippen LogP contribution < -0.4 is 10.6 Å². The first-order valence-electron chi connectivity index (χ1n) is 12.5. The van der Waals surface area contributed by atoms with Crippen LogP contribution in [0, 0.1) is 5.92 Å². The smallest absolute Gasteiger partial charge is 0.286 e. The van der Waals surface area contributed by atoms with E-state index in [1.54, 1.807) is 24.3 Å². The first-order valence-corrected chi connectivity index (χ1v) is 13.5. The number of carbonyl (C=O) groups excluding carboxylic acids is 3. The largest absolute Gasteiger partial charge is 0.408 e. The third-order valence-electron chi connectivity index (χ3n) is 6.24. The van der Waals surface area contributed by atoms with Gasteiger partial charge in [0.2, 0.25) is 11.7 Å². The highest BCUT2D eigenvalue weighted by atomic mass is 32.2. The number of benzene rings is 1. The van der Waals surface area contributed by atoms with Crippen LogP contribution in [0.1, 0.15) is 73.4 Å². The molecule has 0 saturated heterocycles. The lowest BCUT2D eigenvalue weighted by atomic mass is 9.80. The molecule has 0 radical (unpaired) electrons. The summed E-state index contributed by atoms with van der Waals surface area (Å²) in [5.41, 5.74) is -0.571. The second kappa shape index (κ2) is 13.0. The standard InChI is InChI=1S/C26H37N5O4S/c1-18(2)17-20(21(32)23-29-30-25(35-23)36-16-15-31(3)4)27-24(34)26(13-9-6-10-14-26)28-22(33)19-11-7-5-8-12-19/h5,7-8,11-12,18,20H,6,9-10,13-17H2,1-4H3,(H,27,34)(H,28,33). The summed E-state index contributed by atoms with van der Waals surface area (Å²) in [7, 11) is 3.95. The van der Waals surface area contributed by atoms with Gasteiger partial charge in [-0.15, -0.1) is 10.2 Å². The van der Waals surface area contributed by atoms with Crippen LogP contribution in [0.4, 0.5) is 0 Å². The summed E-state index contributed by atoms with van der Waals surface area (Å²) in [6.45, 7) is 4.80. The van der Waals surface area contributed by atoms with Crippen molar-refractivity contribution in [1.82, 2.24) is 25.7 Å². The summed E-state index contributed by atoms with van der Waals surface area (Å²) in [5, 5.41) is 14.2. The van der Waals surface area contributed by atoms with E-state index in [1.807, 2.05) is 38.9 Å². The molecule has 1 saturated carbocycles. The maximum absolute atomic E-state index is 13.7. The fraction of sp³-hybridized carbons (Fsp3) is 0.577. The lowest BCUT2D eigenvalue weighted by Crippen LogP contribution is -2.62. The highest BCUT2D eigenvalue weighted by Crippen LogP contribution is 2.30. The number of Topliss-reactive ketones (excluding diaryl/α,β-unsaturated/α-hetero) is 1. The van der Waals surface area contributed by atoms with Gasteiger partial charge in [-0.25, -0.2) is 0 Å². The van der Waals surface area contributed by atoms with Crippen LogP contribution in [0.5, 0.6) is 0 Å². The molecular weight excluding hydrogens is 478 g/mol. The monoisotopic (exact) mass is 515 g/mol. The third-order valence-corrected chi connectivity index (χ3v) is 7.04. The van der Waals surface area contributed by atoms with Crippen LogP contribution in [-0.4, -0.2) is 70.7 Å². The molecule has 3 rings (SSSR count). The second-order valence-electron chi connectivity index (χ2n) is 10.0. The first kappa shape index (κ1) is 27.9. The van der Waals surface area contributed by atoms with Gasteiger partial charge in [0.1, 0.15) is 5.54 Å². The lowest BCUT2D eigenvalue weighted by Gasteiger charge is -2.37. The fourth-order valence-corrected chi connectivity index (χ4v) is 5.14. The number of nitrogens with one attached hydrogen (secondary N) is 2. The Labute approximate surface area is 217 Å². The number of hydrogen-bond donors (Lipinski definition) is 2. The van der Waals surface area contributed by atoms with Crippen molar-refractivity contribution in [1.29, 1.82) is 0 Å². The van der Waals surface area contributed by atoms with Crippen molar-refractivity contribution in [2.75, 3.05) is 26.4 Å². The summed E-state index contributed by atoms with van der Waals surface area (Å²) in [6.07, 6.45) is 4.10. The molecule has 1 aliphatic rings. The van der Waals surface area contributed by atoms with Gasteiger partial charge in [-0.3, -0.25) is 14.4 Å². The maximum atomic E-state index is 13.7. The molecule has 1 aromatic carbocycles. The van der Waals surface area contributed by atoms with Crippen LogP contribution in [0.15, 0.2) is 40.0 Å². The number of aromatic nitrogens is 2. The molecule has 0 spiro atoms. The number of ketones is 1. The number of rotatable bonds is 12. The molecule has 2 amide bonds. The van der Waals surface area contributed by atoms with Crippen LogP contribution >= 0.6 is 11.8 Å². The third kappa shape index (κ3) is 7.64. The zero-order valence-corrected chi connectivity index (χ0v) is 22.4. The Morgan fingerprint density at radius 2 is 1.78 bits per heavy atom. The van der Waals surface area contributed by atoms with E-state index in [9.17, 15) is 14.4 Å². The van der Waals surface area contributed by atoms with Crippen LogP contribution in [-0.2, 0) is 4.79 Å². The van der Waals surface area contributed by atoms with Gasteiger partial charge in [-0.05, 0) is 51.4 Å². The van der Waals surface area contributed by atoms with Gasteiger partial charge in [0.05, 0.1) is 6.04 Å². The molecule has 2 aromatic rings. The molecule has 2 N–H and O–H groups in total. The van der Waals surface area contributed by atoms with Gasteiger partial charge in [0, 0.05) is 17.9 Å². The Morgan fingerprint density at radius 1 is 1.08 bits per heavy atom. The van der Waals surface area contributed by atoms with Crippen LogP contribution in [0.25, 0.3) is 0 Å². The van der Waals surface area contributed by atoms with Crippen molar-refractivity contribution in [3.05, 3.63) is 41.8 Å². The maximum Gasteiger partial charge on any atom is 0.286 e. The molecule has 1 unspecified atom stereocenters. The lowest BCUT2D eigenvalue weighted by molar-refractivity contribution is -0.129. The molecule has 36 heavy (non-hydrogen) atoms. The zero-order chi connectivity index (χ0) is 26.1. The quantitative estimate of drug-likeness (QED) is 0.325. The molecule has 9 nitrogen and oxygen atoms in total. The molecule has 10 heteroatoms. The molecule has 0 bridgehead atoms. The van der Waals surface area contributed by atoms with E-state index in [4.69, 9.17) is 4.42 Å². The highest BCUT2D eigenvalue weighted by molar-refractivity contribution is 7.99. The van der Waals surface area contributed by atoms with Gasteiger partial charge in [0.15, 0.2) is 0 Å². The number of nitrogens with zero attached hydrogens (tertiary/aromatic N) is 3. The van der Waals surface area contributed by atoms with Crippen molar-refractivity contribution in [3.8, 4) is 0 Å². The number of thioether (sulfide) groups is 1. The van der Waals surface area contributed by atoms with E-state index < -0.39 is 17.4 Å². The number of amides is 2. The number of carbonyl (C=O) groups is 3. The van der Waals surface area contributed by atoms with E-state index in [-0.39, 0.29) is 23.6 Å². The molecule has 196 valence electrons. The topological polar surface area (TPSA) is 117 Å². The predicted molar refractivity (Wildman–Crippen MR) is 139 cm³/mol. The van der Waals surface area contributed by atoms with Crippen LogP contribution in [0.3, 0.4) is 0 Å². The minimum atomic E-state index is -1.07. The van der Waals surface area contributed by atoms with Crippen molar-refractivity contribution < 1.29 is 18.8 Å². The van der Waals surface area contributed by atoms with Crippen molar-refractivity contribution in [2.24, 2.45) is 5.92 Å². The Kier molecular flexibility index (Phi) is 10.1. The zero-order valence-electron chi connectivity index (χ0n) is 21.6. The second-order valence-corrected chi connectivity index (χ2v) is 11.1. The van der Waals surface area contributed by atoms with Crippen molar-refractivity contribution in [2.45, 2.75) is 69.2 Å². The minimum Gasteiger partial charge on any atom is -0.408 e. The van der Waals surface area contributed by atoms with Gasteiger partial charge in [-0.1, -0.05) is 63.1 Å². The summed E-state index contributed by atoms with van der Waals surface area (Å²) < 4.78 is 5.62.